The van der Waals surface area contributed by atoms with Crippen LogP contribution in [0, 0.1) is 13.8 Å². The van der Waals surface area contributed by atoms with Gasteiger partial charge in [-0.1, -0.05) is 35.9 Å². The van der Waals surface area contributed by atoms with Crippen molar-refractivity contribution in [2.24, 2.45) is 0 Å². The molecule has 1 heterocycles. The van der Waals surface area contributed by atoms with E-state index in [9.17, 15) is 4.79 Å². The zero-order valence-corrected chi connectivity index (χ0v) is 19.4. The number of benzene rings is 2. The summed E-state index contributed by atoms with van der Waals surface area (Å²) in [7, 11) is 0. The minimum absolute atomic E-state index is 0.00136. The molecule has 0 amide bonds. The third-order valence-electron chi connectivity index (χ3n) is 5.32. The average molecular weight is 426 g/mol. The van der Waals surface area contributed by atoms with E-state index in [2.05, 4.69) is 55.1 Å². The first-order chi connectivity index (χ1) is 14.7. The van der Waals surface area contributed by atoms with Crippen LogP contribution in [0.25, 0.3) is 0 Å². The standard InChI is InChI=1S/C26H35NO4/c1-19-6-8-21(9-7-19)18-30-22-10-11-23(20(2)16-22)24-17-27(14-15-29-24)13-12-25(28)31-26(3,4)5/h6-11,16,24H,12-15,17-18H2,1-5H3. The third kappa shape index (κ3) is 7.37. The molecule has 0 radical (unpaired) electrons. The summed E-state index contributed by atoms with van der Waals surface area (Å²) in [4.78, 5) is 14.3. The van der Waals surface area contributed by atoms with E-state index in [1.165, 1.54) is 11.1 Å². The molecule has 1 unspecified atom stereocenters. The Morgan fingerprint density at radius 2 is 1.87 bits per heavy atom. The second kappa shape index (κ2) is 10.3. The normalized spacial score (nSPS) is 17.4. The molecule has 5 heteroatoms. The quantitative estimate of drug-likeness (QED) is 0.585. The van der Waals surface area contributed by atoms with Crippen LogP contribution in [0.4, 0.5) is 0 Å². The Morgan fingerprint density at radius 3 is 2.55 bits per heavy atom. The lowest BCUT2D eigenvalue weighted by molar-refractivity contribution is -0.155. The smallest absolute Gasteiger partial charge is 0.307 e. The van der Waals surface area contributed by atoms with Gasteiger partial charge in [-0.15, -0.1) is 0 Å². The Morgan fingerprint density at radius 1 is 1.13 bits per heavy atom. The maximum Gasteiger partial charge on any atom is 0.307 e. The van der Waals surface area contributed by atoms with Crippen molar-refractivity contribution in [2.75, 3.05) is 26.2 Å². The molecular formula is C26H35NO4. The van der Waals surface area contributed by atoms with Crippen LogP contribution in [0.2, 0.25) is 0 Å². The van der Waals surface area contributed by atoms with Crippen molar-refractivity contribution in [1.29, 1.82) is 0 Å². The van der Waals surface area contributed by atoms with Gasteiger partial charge in [-0.3, -0.25) is 9.69 Å². The molecule has 0 aromatic heterocycles. The van der Waals surface area contributed by atoms with Gasteiger partial charge in [-0.2, -0.15) is 0 Å². The summed E-state index contributed by atoms with van der Waals surface area (Å²) in [5.74, 6) is 0.709. The molecule has 1 atom stereocenters. The molecule has 0 bridgehead atoms. The molecule has 0 spiro atoms. The first kappa shape index (κ1) is 23.3. The summed E-state index contributed by atoms with van der Waals surface area (Å²) >= 11 is 0. The van der Waals surface area contributed by atoms with Crippen LogP contribution in [-0.2, 0) is 20.9 Å². The number of morpholine rings is 1. The Bertz CT molecular complexity index is 870. The van der Waals surface area contributed by atoms with Gasteiger partial charge in [0.15, 0.2) is 0 Å². The Labute approximate surface area is 186 Å². The predicted molar refractivity (Wildman–Crippen MR) is 122 cm³/mol. The number of esters is 1. The number of carbonyl (C=O) groups excluding carboxylic acids is 1. The minimum Gasteiger partial charge on any atom is -0.489 e. The molecule has 3 rings (SSSR count). The first-order valence-corrected chi connectivity index (χ1v) is 11.0. The van der Waals surface area contributed by atoms with Gasteiger partial charge in [0.25, 0.3) is 0 Å². The van der Waals surface area contributed by atoms with Crippen LogP contribution in [0.5, 0.6) is 5.75 Å². The molecule has 2 aromatic carbocycles. The van der Waals surface area contributed by atoms with E-state index < -0.39 is 5.60 Å². The summed E-state index contributed by atoms with van der Waals surface area (Å²) in [5.41, 5.74) is 4.29. The predicted octanol–water partition coefficient (Wildman–Crippen LogP) is 4.99. The monoisotopic (exact) mass is 425 g/mol. The van der Waals surface area contributed by atoms with E-state index in [1.54, 1.807) is 0 Å². The zero-order chi connectivity index (χ0) is 22.4. The Balaban J connectivity index is 1.54. The number of nitrogens with zero attached hydrogens (tertiary/aromatic N) is 1. The van der Waals surface area contributed by atoms with Gasteiger partial charge in [0.2, 0.25) is 0 Å². The summed E-state index contributed by atoms with van der Waals surface area (Å²) in [6, 6.07) is 14.6. The van der Waals surface area contributed by atoms with E-state index >= 15 is 0 Å². The lowest BCUT2D eigenvalue weighted by Crippen LogP contribution is -2.40. The highest BCUT2D eigenvalue weighted by Gasteiger charge is 2.24. The number of aryl methyl sites for hydroxylation is 2. The molecule has 5 nitrogen and oxygen atoms in total. The van der Waals surface area contributed by atoms with Crippen LogP contribution in [0.3, 0.4) is 0 Å². The van der Waals surface area contributed by atoms with Crippen LogP contribution in [-0.4, -0.2) is 42.7 Å². The number of hydrogen-bond acceptors (Lipinski definition) is 5. The van der Waals surface area contributed by atoms with Crippen LogP contribution < -0.4 is 4.74 Å². The second-order valence-electron chi connectivity index (χ2n) is 9.29. The topological polar surface area (TPSA) is 48.0 Å². The summed E-state index contributed by atoms with van der Waals surface area (Å²) < 4.78 is 17.4. The lowest BCUT2D eigenvalue weighted by atomic mass is 10.0. The molecule has 1 aliphatic heterocycles. The van der Waals surface area contributed by atoms with Gasteiger partial charge < -0.3 is 14.2 Å². The van der Waals surface area contributed by atoms with E-state index in [1.807, 2.05) is 26.8 Å². The van der Waals surface area contributed by atoms with E-state index in [0.717, 1.165) is 30.0 Å². The van der Waals surface area contributed by atoms with Gasteiger partial charge in [0.05, 0.1) is 19.1 Å². The average Bonchev–Trinajstić information content (AvgIpc) is 2.71. The number of ether oxygens (including phenoxy) is 3. The molecule has 168 valence electrons. The van der Waals surface area contributed by atoms with Crippen LogP contribution in [0.15, 0.2) is 42.5 Å². The second-order valence-corrected chi connectivity index (χ2v) is 9.29. The van der Waals surface area contributed by atoms with Crippen molar-refractivity contribution in [2.45, 2.75) is 59.4 Å². The van der Waals surface area contributed by atoms with E-state index in [-0.39, 0.29) is 12.1 Å². The minimum atomic E-state index is -0.439. The summed E-state index contributed by atoms with van der Waals surface area (Å²) in [6.07, 6.45) is 0.396. The van der Waals surface area contributed by atoms with Gasteiger partial charge >= 0.3 is 5.97 Å². The van der Waals surface area contributed by atoms with Crippen LogP contribution >= 0.6 is 0 Å². The van der Waals surface area contributed by atoms with E-state index in [4.69, 9.17) is 14.2 Å². The fraction of sp³-hybridized carbons (Fsp3) is 0.500. The van der Waals surface area contributed by atoms with Gasteiger partial charge in [0, 0.05) is 19.6 Å². The van der Waals surface area contributed by atoms with Gasteiger partial charge in [-0.05, 0) is 63.4 Å². The van der Waals surface area contributed by atoms with Crippen molar-refractivity contribution in [1.82, 2.24) is 4.90 Å². The molecule has 0 N–H and O–H groups in total. The molecular weight excluding hydrogens is 390 g/mol. The largest absolute Gasteiger partial charge is 0.489 e. The SMILES string of the molecule is Cc1ccc(COc2ccc(C3CN(CCC(=O)OC(C)(C)C)CCO3)c(C)c2)cc1. The molecule has 1 fully saturated rings. The summed E-state index contributed by atoms with van der Waals surface area (Å²) in [6.45, 7) is 13.4. The molecule has 31 heavy (non-hydrogen) atoms. The van der Waals surface area contributed by atoms with Crippen LogP contribution in [0.1, 0.15) is 55.5 Å². The van der Waals surface area contributed by atoms with Crippen molar-refractivity contribution < 1.29 is 19.0 Å². The van der Waals surface area contributed by atoms with Crippen molar-refractivity contribution in [3.63, 3.8) is 0 Å². The molecule has 2 aromatic rings. The molecule has 0 saturated carbocycles. The molecule has 1 aliphatic rings. The highest BCUT2D eigenvalue weighted by Crippen LogP contribution is 2.28. The van der Waals surface area contributed by atoms with Gasteiger partial charge in [0.1, 0.15) is 18.0 Å². The number of hydrogen-bond donors (Lipinski definition) is 0. The lowest BCUT2D eigenvalue weighted by Gasteiger charge is -2.33. The number of carbonyl (C=O) groups is 1. The molecule has 0 aliphatic carbocycles. The molecule has 1 saturated heterocycles. The maximum absolute atomic E-state index is 12.0. The van der Waals surface area contributed by atoms with Crippen molar-refractivity contribution in [3.05, 3.63) is 64.7 Å². The third-order valence-corrected chi connectivity index (χ3v) is 5.32. The first-order valence-electron chi connectivity index (χ1n) is 11.0. The maximum atomic E-state index is 12.0. The number of rotatable bonds is 7. The van der Waals surface area contributed by atoms with Gasteiger partial charge in [-0.25, -0.2) is 0 Å². The van der Waals surface area contributed by atoms with Crippen molar-refractivity contribution in [3.8, 4) is 5.75 Å². The summed E-state index contributed by atoms with van der Waals surface area (Å²) in [5, 5.41) is 0. The van der Waals surface area contributed by atoms with E-state index in [0.29, 0.717) is 26.2 Å². The fourth-order valence-electron chi connectivity index (χ4n) is 3.69. The highest BCUT2D eigenvalue weighted by atomic mass is 16.6. The van der Waals surface area contributed by atoms with Crippen molar-refractivity contribution >= 4 is 5.97 Å². The zero-order valence-electron chi connectivity index (χ0n) is 19.4. The Kier molecular flexibility index (Phi) is 7.74. The Hall–Kier alpha value is -2.37. The fourth-order valence-corrected chi connectivity index (χ4v) is 3.69. The highest BCUT2D eigenvalue weighted by molar-refractivity contribution is 5.70.